The Hall–Kier alpha value is -1.26. The molecule has 0 spiro atoms. The molecular weight excluding hydrogens is 268 g/mol. The SMILES string of the molecule is CCCCN(C(=O)N1CCC(CC)(C(=O)O)CC1)C1CC1. The van der Waals surface area contributed by atoms with Gasteiger partial charge in [0, 0.05) is 25.7 Å². The number of hydrogen-bond acceptors (Lipinski definition) is 2. The number of carbonyl (C=O) groups excluding carboxylic acids is 1. The second-order valence-corrected chi connectivity index (χ2v) is 6.49. The Bertz CT molecular complexity index is 385. The molecule has 0 bridgehead atoms. The van der Waals surface area contributed by atoms with Crippen LogP contribution in [0.2, 0.25) is 0 Å². The number of likely N-dealkylation sites (tertiary alicyclic amines) is 1. The number of piperidine rings is 1. The third kappa shape index (κ3) is 3.50. The summed E-state index contributed by atoms with van der Waals surface area (Å²) in [6.07, 6.45) is 6.19. The van der Waals surface area contributed by atoms with Crippen molar-refractivity contribution in [2.75, 3.05) is 19.6 Å². The van der Waals surface area contributed by atoms with E-state index in [9.17, 15) is 14.7 Å². The third-order valence-electron chi connectivity index (χ3n) is 5.11. The van der Waals surface area contributed by atoms with Crippen molar-refractivity contribution < 1.29 is 14.7 Å². The zero-order valence-electron chi connectivity index (χ0n) is 13.3. The normalized spacial score (nSPS) is 21.1. The number of carboxylic acid groups (broad SMARTS) is 1. The number of rotatable bonds is 6. The smallest absolute Gasteiger partial charge is 0.320 e. The van der Waals surface area contributed by atoms with E-state index in [1.54, 1.807) is 0 Å². The molecule has 2 aliphatic rings. The number of carboxylic acids is 1. The quantitative estimate of drug-likeness (QED) is 0.819. The molecule has 0 atom stereocenters. The van der Waals surface area contributed by atoms with E-state index in [1.165, 1.54) is 0 Å². The Balaban J connectivity index is 1.93. The van der Waals surface area contributed by atoms with Crippen molar-refractivity contribution in [3.05, 3.63) is 0 Å². The minimum atomic E-state index is -0.706. The van der Waals surface area contributed by atoms with E-state index < -0.39 is 11.4 Å². The van der Waals surface area contributed by atoms with E-state index in [0.29, 0.717) is 38.4 Å². The molecule has 1 aliphatic carbocycles. The number of hydrogen-bond donors (Lipinski definition) is 1. The molecule has 0 radical (unpaired) electrons. The summed E-state index contributed by atoms with van der Waals surface area (Å²) in [6, 6.07) is 0.558. The molecule has 1 N–H and O–H groups in total. The predicted octanol–water partition coefficient (Wildman–Crippen LogP) is 2.95. The largest absolute Gasteiger partial charge is 0.481 e. The molecule has 120 valence electrons. The van der Waals surface area contributed by atoms with Gasteiger partial charge in [-0.3, -0.25) is 4.79 Å². The number of nitrogens with zero attached hydrogens (tertiary/aromatic N) is 2. The molecule has 0 aromatic heterocycles. The number of carbonyl (C=O) groups is 2. The Morgan fingerprint density at radius 1 is 1.24 bits per heavy atom. The maximum absolute atomic E-state index is 12.7. The summed E-state index contributed by atoms with van der Waals surface area (Å²) in [5.74, 6) is -0.706. The summed E-state index contributed by atoms with van der Waals surface area (Å²) in [4.78, 5) is 28.0. The highest BCUT2D eigenvalue weighted by molar-refractivity contribution is 5.77. The number of aliphatic carboxylic acids is 1. The van der Waals surface area contributed by atoms with E-state index in [2.05, 4.69) is 6.92 Å². The molecule has 1 saturated carbocycles. The summed E-state index contributed by atoms with van der Waals surface area (Å²) in [5.41, 5.74) is -0.620. The number of amides is 2. The first-order chi connectivity index (χ1) is 10.0. The van der Waals surface area contributed by atoms with E-state index in [0.717, 1.165) is 32.2 Å². The molecule has 21 heavy (non-hydrogen) atoms. The highest BCUT2D eigenvalue weighted by Gasteiger charge is 2.42. The minimum Gasteiger partial charge on any atom is -0.481 e. The lowest BCUT2D eigenvalue weighted by molar-refractivity contribution is -0.152. The second-order valence-electron chi connectivity index (χ2n) is 6.49. The molecule has 1 heterocycles. The topological polar surface area (TPSA) is 60.9 Å². The highest BCUT2D eigenvalue weighted by atomic mass is 16.4. The zero-order valence-corrected chi connectivity index (χ0v) is 13.3. The Labute approximate surface area is 127 Å². The summed E-state index contributed by atoms with van der Waals surface area (Å²) < 4.78 is 0. The van der Waals surface area contributed by atoms with Crippen LogP contribution in [0.4, 0.5) is 4.79 Å². The van der Waals surface area contributed by atoms with Gasteiger partial charge in [0.05, 0.1) is 5.41 Å². The fourth-order valence-electron chi connectivity index (χ4n) is 3.18. The maximum atomic E-state index is 12.7. The van der Waals surface area contributed by atoms with Gasteiger partial charge in [0.25, 0.3) is 0 Å². The molecule has 1 aliphatic heterocycles. The Kier molecular flexibility index (Phi) is 5.12. The molecule has 2 amide bonds. The first kappa shape index (κ1) is 16.1. The Morgan fingerprint density at radius 2 is 1.86 bits per heavy atom. The number of urea groups is 1. The van der Waals surface area contributed by atoms with E-state index >= 15 is 0 Å². The molecular formula is C16H28N2O3. The van der Waals surface area contributed by atoms with Crippen LogP contribution in [0.3, 0.4) is 0 Å². The van der Waals surface area contributed by atoms with Crippen LogP contribution in [0.25, 0.3) is 0 Å². The summed E-state index contributed by atoms with van der Waals surface area (Å²) >= 11 is 0. The van der Waals surface area contributed by atoms with Crippen LogP contribution in [-0.4, -0.2) is 52.6 Å². The second kappa shape index (κ2) is 6.67. The molecule has 0 aromatic rings. The Morgan fingerprint density at radius 3 is 2.29 bits per heavy atom. The molecule has 0 aromatic carbocycles. The van der Waals surface area contributed by atoms with Gasteiger partial charge in [-0.25, -0.2) is 4.79 Å². The van der Waals surface area contributed by atoms with E-state index in [-0.39, 0.29) is 6.03 Å². The van der Waals surface area contributed by atoms with Crippen molar-refractivity contribution in [3.63, 3.8) is 0 Å². The molecule has 0 unspecified atom stereocenters. The van der Waals surface area contributed by atoms with Crippen LogP contribution < -0.4 is 0 Å². The van der Waals surface area contributed by atoms with Gasteiger partial charge in [0.15, 0.2) is 0 Å². The van der Waals surface area contributed by atoms with Gasteiger partial charge in [-0.05, 0) is 38.5 Å². The van der Waals surface area contributed by atoms with Gasteiger partial charge in [0.1, 0.15) is 0 Å². The van der Waals surface area contributed by atoms with Gasteiger partial charge in [0.2, 0.25) is 0 Å². The average Bonchev–Trinajstić information content (AvgIpc) is 3.32. The van der Waals surface area contributed by atoms with Gasteiger partial charge in [-0.15, -0.1) is 0 Å². The van der Waals surface area contributed by atoms with Gasteiger partial charge in [-0.2, -0.15) is 0 Å². The summed E-state index contributed by atoms with van der Waals surface area (Å²) in [7, 11) is 0. The molecule has 2 rings (SSSR count). The lowest BCUT2D eigenvalue weighted by Gasteiger charge is -2.40. The average molecular weight is 296 g/mol. The van der Waals surface area contributed by atoms with Gasteiger partial charge in [-0.1, -0.05) is 20.3 Å². The van der Waals surface area contributed by atoms with Crippen molar-refractivity contribution in [2.45, 2.75) is 64.8 Å². The molecule has 1 saturated heterocycles. The maximum Gasteiger partial charge on any atom is 0.320 e. The van der Waals surface area contributed by atoms with Crippen LogP contribution in [0.1, 0.15) is 58.8 Å². The van der Waals surface area contributed by atoms with Crippen molar-refractivity contribution in [1.82, 2.24) is 9.80 Å². The van der Waals surface area contributed by atoms with Crippen molar-refractivity contribution in [2.24, 2.45) is 5.41 Å². The first-order valence-electron chi connectivity index (χ1n) is 8.33. The van der Waals surface area contributed by atoms with Crippen molar-refractivity contribution >= 4 is 12.0 Å². The first-order valence-corrected chi connectivity index (χ1v) is 8.33. The summed E-state index contributed by atoms with van der Waals surface area (Å²) in [5, 5.41) is 9.42. The van der Waals surface area contributed by atoms with Crippen molar-refractivity contribution in [3.8, 4) is 0 Å². The van der Waals surface area contributed by atoms with Crippen molar-refractivity contribution in [1.29, 1.82) is 0 Å². The number of unbranched alkanes of at least 4 members (excludes halogenated alkanes) is 1. The monoisotopic (exact) mass is 296 g/mol. The highest BCUT2D eigenvalue weighted by Crippen LogP contribution is 2.36. The van der Waals surface area contributed by atoms with Crippen LogP contribution in [0.5, 0.6) is 0 Å². The molecule has 5 nitrogen and oxygen atoms in total. The van der Waals surface area contributed by atoms with Gasteiger partial charge < -0.3 is 14.9 Å². The zero-order chi connectivity index (χ0) is 15.5. The van der Waals surface area contributed by atoms with Crippen LogP contribution in [-0.2, 0) is 4.79 Å². The lowest BCUT2D eigenvalue weighted by Crippen LogP contribution is -2.51. The lowest BCUT2D eigenvalue weighted by atomic mass is 9.76. The predicted molar refractivity (Wildman–Crippen MR) is 81.2 cm³/mol. The minimum absolute atomic E-state index is 0.126. The molecule has 2 fully saturated rings. The van der Waals surface area contributed by atoms with E-state index in [1.807, 2.05) is 16.7 Å². The molecule has 5 heteroatoms. The third-order valence-corrected chi connectivity index (χ3v) is 5.11. The van der Waals surface area contributed by atoms with Gasteiger partial charge >= 0.3 is 12.0 Å². The van der Waals surface area contributed by atoms with Crippen LogP contribution >= 0.6 is 0 Å². The summed E-state index contributed by atoms with van der Waals surface area (Å²) in [6.45, 7) is 6.07. The standard InChI is InChI=1S/C16H28N2O3/c1-3-5-10-18(13-6-7-13)15(21)17-11-8-16(4-2,9-12-17)14(19)20/h13H,3-12H2,1-2H3,(H,19,20). The van der Waals surface area contributed by atoms with E-state index in [4.69, 9.17) is 0 Å². The fraction of sp³-hybridized carbons (Fsp3) is 0.875. The fourth-order valence-corrected chi connectivity index (χ4v) is 3.18. The van der Waals surface area contributed by atoms with Crippen LogP contribution in [0, 0.1) is 5.41 Å². The van der Waals surface area contributed by atoms with Crippen LogP contribution in [0.15, 0.2) is 0 Å².